The van der Waals surface area contributed by atoms with Crippen LogP contribution in [0.3, 0.4) is 0 Å². The van der Waals surface area contributed by atoms with Crippen LogP contribution < -0.4 is 0 Å². The van der Waals surface area contributed by atoms with Crippen LogP contribution in [0.1, 0.15) is 0 Å². The molecule has 12 heteroatoms. The molecule has 4 atom stereocenters. The van der Waals surface area contributed by atoms with Gasteiger partial charge in [0, 0.05) is 0 Å². The number of aliphatic hydroxyl groups is 5. The molecule has 0 saturated heterocycles. The van der Waals surface area contributed by atoms with Crippen molar-refractivity contribution in [2.24, 2.45) is 0 Å². The third-order valence-electron chi connectivity index (χ3n) is 1.42. The molecule has 0 rings (SSSR count). The summed E-state index contributed by atoms with van der Waals surface area (Å²) in [6.07, 6.45) is -6.84. The SMILES string of the molecule is O=C[C@H](O)[C@@H](O)[C@H](O)[C@H](O)CO.O=S(=O)(O)O.[KH]. The van der Waals surface area contributed by atoms with Crippen LogP contribution in [-0.4, -0.2) is 132 Å². The van der Waals surface area contributed by atoms with E-state index in [2.05, 4.69) is 0 Å². The van der Waals surface area contributed by atoms with Gasteiger partial charge in [0.05, 0.1) is 6.61 Å². The number of aliphatic hydroxyl groups excluding tert-OH is 5. The molecule has 0 unspecified atom stereocenters. The minimum absolute atomic E-state index is 0. The van der Waals surface area contributed by atoms with Gasteiger partial charge in [-0.25, -0.2) is 0 Å². The summed E-state index contributed by atoms with van der Waals surface area (Å²) in [5, 5.41) is 43.5. The van der Waals surface area contributed by atoms with Crippen LogP contribution in [0, 0.1) is 0 Å². The van der Waals surface area contributed by atoms with Gasteiger partial charge in [0.1, 0.15) is 24.4 Å². The average molecular weight is 318 g/mol. The fraction of sp³-hybridized carbons (Fsp3) is 0.833. The van der Waals surface area contributed by atoms with Crippen molar-refractivity contribution in [2.45, 2.75) is 24.4 Å². The second-order valence-corrected chi connectivity index (χ2v) is 3.70. The Labute approximate surface area is 145 Å². The van der Waals surface area contributed by atoms with Gasteiger partial charge in [-0.15, -0.1) is 0 Å². The van der Waals surface area contributed by atoms with Crippen molar-refractivity contribution in [3.05, 3.63) is 0 Å². The molecule has 0 aliphatic heterocycles. The molecule has 0 aromatic rings. The minimum atomic E-state index is -4.67. The summed E-state index contributed by atoms with van der Waals surface area (Å²) in [6, 6.07) is 0. The van der Waals surface area contributed by atoms with Crippen molar-refractivity contribution in [1.82, 2.24) is 0 Å². The van der Waals surface area contributed by atoms with E-state index in [0.29, 0.717) is 0 Å². The van der Waals surface area contributed by atoms with Gasteiger partial charge >= 0.3 is 61.8 Å². The molecule has 0 radical (unpaired) electrons. The van der Waals surface area contributed by atoms with Gasteiger partial charge in [0.25, 0.3) is 0 Å². The van der Waals surface area contributed by atoms with Crippen molar-refractivity contribution in [3.8, 4) is 0 Å². The van der Waals surface area contributed by atoms with Crippen LogP contribution >= 0.6 is 0 Å². The molecule has 106 valence electrons. The molecular weight excluding hydrogens is 303 g/mol. The van der Waals surface area contributed by atoms with E-state index < -0.39 is 41.4 Å². The molecule has 0 amide bonds. The average Bonchev–Trinajstić information content (AvgIpc) is 2.22. The second kappa shape index (κ2) is 11.8. The Morgan fingerprint density at radius 1 is 1.00 bits per heavy atom. The molecule has 0 heterocycles. The van der Waals surface area contributed by atoms with Gasteiger partial charge in [-0.1, -0.05) is 0 Å². The molecule has 10 nitrogen and oxygen atoms in total. The monoisotopic (exact) mass is 318 g/mol. The summed E-state index contributed by atoms with van der Waals surface area (Å²) in [6.45, 7) is -0.760. The number of aldehydes is 1. The van der Waals surface area contributed by atoms with Crippen LogP contribution in [0.4, 0.5) is 0 Å². The molecular formula is C6H15KO10S. The van der Waals surface area contributed by atoms with Crippen molar-refractivity contribution in [1.29, 1.82) is 0 Å². The number of rotatable bonds is 5. The third kappa shape index (κ3) is 15.0. The topological polar surface area (TPSA) is 193 Å². The summed E-state index contributed by atoms with van der Waals surface area (Å²) in [4.78, 5) is 9.90. The van der Waals surface area contributed by atoms with E-state index in [-0.39, 0.29) is 57.7 Å². The van der Waals surface area contributed by atoms with Crippen molar-refractivity contribution >= 4 is 68.1 Å². The first-order valence-electron chi connectivity index (χ1n) is 4.02. The maximum absolute atomic E-state index is 9.90. The zero-order valence-corrected chi connectivity index (χ0v) is 9.17. The van der Waals surface area contributed by atoms with Gasteiger partial charge in [-0.05, 0) is 0 Å². The van der Waals surface area contributed by atoms with Gasteiger partial charge in [0.15, 0.2) is 6.29 Å². The van der Waals surface area contributed by atoms with Crippen molar-refractivity contribution in [2.75, 3.05) is 6.61 Å². The summed E-state index contributed by atoms with van der Waals surface area (Å²) < 4.78 is 31.6. The Morgan fingerprint density at radius 2 is 1.33 bits per heavy atom. The van der Waals surface area contributed by atoms with Crippen molar-refractivity contribution < 1.29 is 47.9 Å². The van der Waals surface area contributed by atoms with E-state index in [9.17, 15) is 4.79 Å². The fourth-order valence-electron chi connectivity index (χ4n) is 0.618. The number of hydrogen-bond acceptors (Lipinski definition) is 8. The van der Waals surface area contributed by atoms with E-state index >= 15 is 0 Å². The van der Waals surface area contributed by atoms with Crippen LogP contribution in [0.15, 0.2) is 0 Å². The van der Waals surface area contributed by atoms with E-state index in [1.54, 1.807) is 0 Å². The summed E-state index contributed by atoms with van der Waals surface area (Å²) >= 11 is 0. The summed E-state index contributed by atoms with van der Waals surface area (Å²) in [5.41, 5.74) is 0. The van der Waals surface area contributed by atoms with Gasteiger partial charge < -0.3 is 30.3 Å². The number of carbonyl (C=O) groups is 1. The number of hydrogen-bond donors (Lipinski definition) is 7. The Kier molecular flexibility index (Phi) is 15.7. The predicted molar refractivity (Wildman–Crippen MR) is 58.5 cm³/mol. The van der Waals surface area contributed by atoms with Crippen LogP contribution in [0.2, 0.25) is 0 Å². The maximum atomic E-state index is 9.90. The van der Waals surface area contributed by atoms with Gasteiger partial charge in [-0.2, -0.15) is 8.42 Å². The van der Waals surface area contributed by atoms with E-state index in [1.807, 2.05) is 0 Å². The molecule has 18 heavy (non-hydrogen) atoms. The molecule has 7 N–H and O–H groups in total. The van der Waals surface area contributed by atoms with Crippen LogP contribution in [0.5, 0.6) is 0 Å². The quantitative estimate of drug-likeness (QED) is 0.147. The molecule has 0 aromatic carbocycles. The normalized spacial score (nSPS) is 17.3. The summed E-state index contributed by atoms with van der Waals surface area (Å²) in [5.74, 6) is 0. The molecule has 0 spiro atoms. The molecule has 0 aromatic heterocycles. The first-order chi connectivity index (χ1) is 7.54. The fourth-order valence-corrected chi connectivity index (χ4v) is 0.618. The Bertz CT molecular complexity index is 297. The van der Waals surface area contributed by atoms with Crippen LogP contribution in [0.25, 0.3) is 0 Å². The van der Waals surface area contributed by atoms with Gasteiger partial charge in [-0.3, -0.25) is 9.11 Å². The Hall–Kier alpha value is 0.976. The van der Waals surface area contributed by atoms with E-state index in [4.69, 9.17) is 43.1 Å². The second-order valence-electron chi connectivity index (χ2n) is 2.81. The predicted octanol–water partition coefficient (Wildman–Crippen LogP) is -4.68. The van der Waals surface area contributed by atoms with E-state index in [1.165, 1.54) is 0 Å². The van der Waals surface area contributed by atoms with Crippen LogP contribution in [-0.2, 0) is 15.2 Å². The molecule has 0 saturated carbocycles. The van der Waals surface area contributed by atoms with E-state index in [0.717, 1.165) is 0 Å². The summed E-state index contributed by atoms with van der Waals surface area (Å²) in [7, 11) is -4.67. The Morgan fingerprint density at radius 3 is 1.56 bits per heavy atom. The zero-order valence-electron chi connectivity index (χ0n) is 8.36. The first kappa shape index (κ1) is 24.0. The van der Waals surface area contributed by atoms with Crippen molar-refractivity contribution in [3.63, 3.8) is 0 Å². The third-order valence-corrected chi connectivity index (χ3v) is 1.42. The zero-order chi connectivity index (χ0) is 14.2. The molecule has 0 fully saturated rings. The standard InChI is InChI=1S/C6H12O6.K.H2O4S.H/c7-1-3(9)5(11)6(12)4(10)2-8;;1-5(2,3)4;/h1,3-6,8-12H,2H2;;(H2,1,2,3,4);/t3-,4+,5+,6+;;;/m0.../s1. The molecule has 0 aliphatic rings. The molecule has 0 aliphatic carbocycles. The molecule has 0 bridgehead atoms. The van der Waals surface area contributed by atoms with Gasteiger partial charge in [0.2, 0.25) is 0 Å². The first-order valence-corrected chi connectivity index (χ1v) is 5.42. The number of carbonyl (C=O) groups excluding carboxylic acids is 1. The Balaban J connectivity index is -0.000000321.